The lowest BCUT2D eigenvalue weighted by atomic mass is 9.91. The predicted molar refractivity (Wildman–Crippen MR) is 295 cm³/mol. The number of rotatable bonds is 29. The monoisotopic (exact) mass is 923 g/mol. The molecule has 0 bridgehead atoms. The first kappa shape index (κ1) is 70.2. The van der Waals surface area contributed by atoms with Crippen molar-refractivity contribution in [1.29, 1.82) is 0 Å². The molecule has 2 amide bonds. The van der Waals surface area contributed by atoms with Gasteiger partial charge < -0.3 is 42.1 Å². The topological polar surface area (TPSA) is 122 Å². The normalized spacial score (nSPS) is 12.2. The summed E-state index contributed by atoms with van der Waals surface area (Å²) in [5, 5.41) is 20.8. The second-order valence-electron chi connectivity index (χ2n) is 16.0. The molecule has 0 aliphatic heterocycles. The number of amides is 2. The zero-order chi connectivity index (χ0) is 50.3. The van der Waals surface area contributed by atoms with E-state index in [0.717, 1.165) is 42.4 Å². The lowest BCUT2D eigenvalue weighted by Gasteiger charge is -2.25. The fraction of sp³-hybridized carbons (Fsp3) is 0.607. The lowest BCUT2D eigenvalue weighted by Crippen LogP contribution is -2.44. The van der Waals surface area contributed by atoms with Crippen LogP contribution in [0.3, 0.4) is 0 Å². The van der Waals surface area contributed by atoms with Gasteiger partial charge in [-0.05, 0) is 75.8 Å². The SMILES string of the molecule is C.C=CCC(C)C(=C)N(C)CCCCCC.C=CNCC(=O)NCC.C=CN[C@@H](CCC(=C)NC)C(=O)NCC(=C)NCC(=C)NC(C)Cc1ccccc1.CC.CC.CC1CCCCC1. The second-order valence-corrected chi connectivity index (χ2v) is 16.0. The average Bonchev–Trinajstić information content (AvgIpc) is 3.31. The number of allylic oxidation sites excluding steroid dienone is 3. The number of unbranched alkanes of at least 4 members (excludes halogenated alkanes) is 3. The predicted octanol–water partition coefficient (Wildman–Crippen LogP) is 11.9. The third-order valence-corrected chi connectivity index (χ3v) is 10.2. The maximum absolute atomic E-state index is 12.4. The first-order valence-electron chi connectivity index (χ1n) is 24.7. The zero-order valence-electron chi connectivity index (χ0n) is 43.9. The number of benzene rings is 1. The minimum atomic E-state index is -0.365. The van der Waals surface area contributed by atoms with Gasteiger partial charge in [-0.25, -0.2) is 0 Å². The Labute approximate surface area is 409 Å². The Morgan fingerprint density at radius 2 is 1.41 bits per heavy atom. The van der Waals surface area contributed by atoms with Crippen molar-refractivity contribution in [1.82, 2.24) is 42.1 Å². The lowest BCUT2D eigenvalue weighted by molar-refractivity contribution is -0.123. The largest absolute Gasteiger partial charge is 0.392 e. The van der Waals surface area contributed by atoms with Crippen molar-refractivity contribution in [2.24, 2.45) is 11.8 Å². The minimum absolute atomic E-state index is 0. The van der Waals surface area contributed by atoms with E-state index in [1.54, 1.807) is 0 Å². The van der Waals surface area contributed by atoms with Gasteiger partial charge in [0.15, 0.2) is 0 Å². The highest BCUT2D eigenvalue weighted by molar-refractivity contribution is 5.82. The van der Waals surface area contributed by atoms with E-state index in [0.29, 0.717) is 44.9 Å². The Hall–Kier alpha value is -4.86. The van der Waals surface area contributed by atoms with E-state index < -0.39 is 0 Å². The van der Waals surface area contributed by atoms with Crippen molar-refractivity contribution in [3.8, 4) is 0 Å². The van der Waals surface area contributed by atoms with Gasteiger partial charge in [-0.15, -0.1) is 6.58 Å². The van der Waals surface area contributed by atoms with Gasteiger partial charge in [0.25, 0.3) is 0 Å². The molecule has 0 aromatic heterocycles. The van der Waals surface area contributed by atoms with E-state index in [-0.39, 0.29) is 31.3 Å². The van der Waals surface area contributed by atoms with E-state index in [9.17, 15) is 9.59 Å². The Balaban J connectivity index is -0.000000284. The summed E-state index contributed by atoms with van der Waals surface area (Å²) in [6, 6.07) is 10.2. The molecule has 2 unspecified atom stereocenters. The van der Waals surface area contributed by atoms with Gasteiger partial charge in [-0.3, -0.25) is 9.59 Å². The molecule has 1 fully saturated rings. The number of hydrogen-bond donors (Lipinski definition) is 7. The third kappa shape index (κ3) is 44.3. The fourth-order valence-electron chi connectivity index (χ4n) is 6.32. The molecule has 382 valence electrons. The van der Waals surface area contributed by atoms with Crippen LogP contribution in [0, 0.1) is 11.8 Å². The van der Waals surface area contributed by atoms with E-state index in [1.807, 2.05) is 65.9 Å². The maximum Gasteiger partial charge on any atom is 0.242 e. The number of likely N-dealkylation sites (N-methyl/N-ethyl adjacent to an activating group) is 1. The Bertz CT molecular complexity index is 1370. The minimum Gasteiger partial charge on any atom is -0.392 e. The van der Waals surface area contributed by atoms with E-state index >= 15 is 0 Å². The molecule has 0 saturated heterocycles. The van der Waals surface area contributed by atoms with Crippen LogP contribution in [0.5, 0.6) is 0 Å². The van der Waals surface area contributed by atoms with Gasteiger partial charge in [-0.2, -0.15) is 0 Å². The van der Waals surface area contributed by atoms with Gasteiger partial charge >= 0.3 is 0 Å². The summed E-state index contributed by atoms with van der Waals surface area (Å²) in [6.07, 6.45) is 21.0. The molecule has 7 N–H and O–H groups in total. The van der Waals surface area contributed by atoms with Gasteiger partial charge in [0.2, 0.25) is 11.8 Å². The van der Waals surface area contributed by atoms with Crippen LogP contribution < -0.4 is 37.2 Å². The molecular formula is C56H106N8O2. The highest BCUT2D eigenvalue weighted by Gasteiger charge is 2.17. The summed E-state index contributed by atoms with van der Waals surface area (Å²) in [5.41, 5.74) is 5.01. The maximum atomic E-state index is 12.4. The zero-order valence-corrected chi connectivity index (χ0v) is 43.9. The van der Waals surface area contributed by atoms with Gasteiger partial charge in [0.1, 0.15) is 6.04 Å². The third-order valence-electron chi connectivity index (χ3n) is 10.2. The van der Waals surface area contributed by atoms with Crippen molar-refractivity contribution in [3.05, 3.63) is 123 Å². The van der Waals surface area contributed by atoms with E-state index in [1.165, 1.54) is 81.4 Å². The van der Waals surface area contributed by atoms with Crippen molar-refractivity contribution in [3.63, 3.8) is 0 Å². The van der Waals surface area contributed by atoms with Crippen LogP contribution in [0.4, 0.5) is 0 Å². The Morgan fingerprint density at radius 1 is 0.803 bits per heavy atom. The quantitative estimate of drug-likeness (QED) is 0.0313. The molecule has 3 atom stereocenters. The molecule has 1 aromatic carbocycles. The standard InChI is InChI=1S/C24H37N5O.C14H27N.C7H14.C6H12N2O.2C2H6.CH4/c1-7-26-23(14-13-18(2)25-6)24(30)28-16-20(4)27-17-21(5)29-19(3)15-22-11-9-8-10-12-22;1-6-8-9-10-12-15(5)14(4)13(3)11-7-2;1-7-5-3-2-4-6-7;1-3-7-5-6(9)8-4-2;2*1-2;/h7-12,19,23,25-27,29H,1-2,4-5,13-17H2,3,6H3,(H,28,30);7,13H,2,4,6,8-12H2,1,3,5H3;7H,2-6H2,1H3;3,7H,1,4-5H2,2H3,(H,8,9);2*1-2H3;1H4/t19?,23-;;;;;;/m0....../s1. The van der Waals surface area contributed by atoms with E-state index in [4.69, 9.17) is 0 Å². The van der Waals surface area contributed by atoms with Crippen LogP contribution in [-0.2, 0) is 16.0 Å². The number of carbonyl (C=O) groups excluding carboxylic acids is 2. The summed E-state index contributed by atoms with van der Waals surface area (Å²) in [5.74, 6) is 1.46. The molecule has 1 aliphatic carbocycles. The van der Waals surface area contributed by atoms with Gasteiger partial charge in [-0.1, -0.05) is 183 Å². The van der Waals surface area contributed by atoms with Crippen LogP contribution in [0.2, 0.25) is 0 Å². The number of nitrogens with one attached hydrogen (secondary N) is 7. The second kappa shape index (κ2) is 51.1. The summed E-state index contributed by atoms with van der Waals surface area (Å²) < 4.78 is 0. The molecule has 1 aromatic rings. The molecule has 0 spiro atoms. The highest BCUT2D eigenvalue weighted by atomic mass is 16.2. The summed E-state index contributed by atoms with van der Waals surface area (Å²) in [7, 11) is 3.97. The molecule has 10 nitrogen and oxygen atoms in total. The Morgan fingerprint density at radius 3 is 1.91 bits per heavy atom. The first-order valence-corrected chi connectivity index (χ1v) is 24.7. The molecular weight excluding hydrogens is 817 g/mol. The number of hydrogen-bond acceptors (Lipinski definition) is 8. The average molecular weight is 924 g/mol. The van der Waals surface area contributed by atoms with Crippen LogP contribution in [0.1, 0.15) is 152 Å². The van der Waals surface area contributed by atoms with Crippen molar-refractivity contribution in [2.45, 2.75) is 165 Å². The van der Waals surface area contributed by atoms with Gasteiger partial charge in [0, 0.05) is 56.0 Å². The molecule has 2 rings (SSSR count). The first-order chi connectivity index (χ1) is 31.2. The van der Waals surface area contributed by atoms with E-state index in [2.05, 4.69) is 135 Å². The number of carbonyl (C=O) groups is 2. The highest BCUT2D eigenvalue weighted by Crippen LogP contribution is 2.22. The molecule has 1 saturated carbocycles. The fourth-order valence-corrected chi connectivity index (χ4v) is 6.32. The number of nitrogens with zero attached hydrogens (tertiary/aromatic N) is 1. The van der Waals surface area contributed by atoms with Crippen molar-refractivity contribution >= 4 is 11.8 Å². The van der Waals surface area contributed by atoms with Crippen LogP contribution >= 0.6 is 0 Å². The molecule has 0 heterocycles. The van der Waals surface area contributed by atoms with Crippen LogP contribution in [0.15, 0.2) is 118 Å². The van der Waals surface area contributed by atoms with Gasteiger partial charge in [0.05, 0.1) is 19.6 Å². The molecule has 10 heteroatoms. The summed E-state index contributed by atoms with van der Waals surface area (Å²) in [4.78, 5) is 25.3. The van der Waals surface area contributed by atoms with Crippen LogP contribution in [0.25, 0.3) is 0 Å². The van der Waals surface area contributed by atoms with Crippen molar-refractivity contribution in [2.75, 3.05) is 46.8 Å². The Kier molecular flexibility index (Phi) is 54.4. The summed E-state index contributed by atoms with van der Waals surface area (Å²) in [6.45, 7) is 48.8. The smallest absolute Gasteiger partial charge is 0.242 e. The molecule has 0 radical (unpaired) electrons. The summed E-state index contributed by atoms with van der Waals surface area (Å²) >= 11 is 0. The van der Waals surface area contributed by atoms with Crippen LogP contribution in [-0.4, -0.2) is 75.6 Å². The molecule has 1 aliphatic rings. The molecule has 66 heavy (non-hydrogen) atoms. The van der Waals surface area contributed by atoms with Crippen molar-refractivity contribution < 1.29 is 9.59 Å².